The zero-order valence-corrected chi connectivity index (χ0v) is 22.5. The van der Waals surface area contributed by atoms with Crippen molar-refractivity contribution >= 4 is 0 Å². The summed E-state index contributed by atoms with van der Waals surface area (Å²) < 4.78 is 22.7. The van der Waals surface area contributed by atoms with Crippen LogP contribution in [0.1, 0.15) is 57.9 Å². The highest BCUT2D eigenvalue weighted by Gasteiger charge is 2.33. The molecule has 0 radical (unpaired) electrons. The SMILES string of the molecule is C=C/C=C/[C@H](COCc1ccc(OC)cc1)[C@@H]([C@H](C)CCCCCC)[C@H](C/C=C/[N+](=O)[O-])OCOC. The Bertz CT molecular complexity index is 776. The first kappa shape index (κ1) is 31.5. The number of methoxy groups -OCH3 is 2. The summed E-state index contributed by atoms with van der Waals surface area (Å²) in [5, 5.41) is 10.9. The topological polar surface area (TPSA) is 80.1 Å². The predicted molar refractivity (Wildman–Crippen MR) is 144 cm³/mol. The van der Waals surface area contributed by atoms with Gasteiger partial charge in [-0.2, -0.15) is 0 Å². The van der Waals surface area contributed by atoms with Crippen molar-refractivity contribution in [3.05, 3.63) is 77.0 Å². The van der Waals surface area contributed by atoms with E-state index in [0.717, 1.165) is 30.4 Å². The Hall–Kier alpha value is -2.48. The first-order chi connectivity index (χ1) is 17.5. The van der Waals surface area contributed by atoms with Gasteiger partial charge in [-0.3, -0.25) is 10.1 Å². The number of rotatable bonds is 21. The van der Waals surface area contributed by atoms with E-state index in [0.29, 0.717) is 25.6 Å². The van der Waals surface area contributed by atoms with E-state index >= 15 is 0 Å². The molecule has 36 heavy (non-hydrogen) atoms. The average molecular weight is 504 g/mol. The lowest BCUT2D eigenvalue weighted by molar-refractivity contribution is -0.402. The second-order valence-corrected chi connectivity index (χ2v) is 9.07. The van der Waals surface area contributed by atoms with Crippen LogP contribution in [-0.2, 0) is 20.8 Å². The normalized spacial score (nSPS) is 15.1. The lowest BCUT2D eigenvalue weighted by Crippen LogP contribution is -2.37. The van der Waals surface area contributed by atoms with Crippen LogP contribution in [0.25, 0.3) is 0 Å². The Morgan fingerprint density at radius 1 is 1.14 bits per heavy atom. The van der Waals surface area contributed by atoms with Crippen LogP contribution in [0.15, 0.2) is 61.3 Å². The number of benzene rings is 1. The van der Waals surface area contributed by atoms with Gasteiger partial charge < -0.3 is 18.9 Å². The number of unbranched alkanes of at least 4 members (excludes halogenated alkanes) is 3. The molecule has 0 aromatic heterocycles. The Balaban J connectivity index is 3.11. The number of hydrogen-bond acceptors (Lipinski definition) is 6. The smallest absolute Gasteiger partial charge is 0.230 e. The van der Waals surface area contributed by atoms with Gasteiger partial charge in [-0.05, 0) is 42.0 Å². The number of allylic oxidation sites excluding steroid dienone is 2. The molecule has 1 aromatic rings. The maximum Gasteiger partial charge on any atom is 0.230 e. The Morgan fingerprint density at radius 3 is 2.50 bits per heavy atom. The molecule has 0 unspecified atom stereocenters. The molecular formula is C29H45NO6. The second-order valence-electron chi connectivity index (χ2n) is 9.07. The molecule has 1 rings (SSSR count). The molecule has 202 valence electrons. The van der Waals surface area contributed by atoms with Crippen molar-refractivity contribution in [3.63, 3.8) is 0 Å². The van der Waals surface area contributed by atoms with Gasteiger partial charge in [0.15, 0.2) is 0 Å². The first-order valence-electron chi connectivity index (χ1n) is 12.9. The summed E-state index contributed by atoms with van der Waals surface area (Å²) in [7, 11) is 3.23. The van der Waals surface area contributed by atoms with Crippen LogP contribution < -0.4 is 4.74 Å². The van der Waals surface area contributed by atoms with E-state index in [2.05, 4.69) is 26.5 Å². The van der Waals surface area contributed by atoms with Crippen LogP contribution in [0.4, 0.5) is 0 Å². The van der Waals surface area contributed by atoms with Crippen LogP contribution in [0, 0.1) is 27.9 Å². The number of nitrogens with zero attached hydrogens (tertiary/aromatic N) is 1. The minimum Gasteiger partial charge on any atom is -0.497 e. The highest BCUT2D eigenvalue weighted by Crippen LogP contribution is 2.34. The van der Waals surface area contributed by atoms with Gasteiger partial charge in [0.2, 0.25) is 6.20 Å². The Kier molecular flexibility index (Phi) is 17.2. The van der Waals surface area contributed by atoms with Crippen molar-refractivity contribution in [2.45, 2.75) is 65.1 Å². The van der Waals surface area contributed by atoms with Gasteiger partial charge in [-0.1, -0.05) is 82.9 Å². The molecule has 0 spiro atoms. The molecule has 0 bridgehead atoms. The van der Waals surface area contributed by atoms with Crippen molar-refractivity contribution in [1.29, 1.82) is 0 Å². The fourth-order valence-corrected chi connectivity index (χ4v) is 4.47. The van der Waals surface area contributed by atoms with E-state index < -0.39 is 4.92 Å². The van der Waals surface area contributed by atoms with Gasteiger partial charge >= 0.3 is 0 Å². The zero-order chi connectivity index (χ0) is 26.6. The van der Waals surface area contributed by atoms with Crippen LogP contribution in [0.5, 0.6) is 5.75 Å². The van der Waals surface area contributed by atoms with Gasteiger partial charge in [0.25, 0.3) is 0 Å². The van der Waals surface area contributed by atoms with Gasteiger partial charge in [-0.15, -0.1) is 0 Å². The largest absolute Gasteiger partial charge is 0.497 e. The highest BCUT2D eigenvalue weighted by atomic mass is 16.7. The maximum atomic E-state index is 10.9. The monoisotopic (exact) mass is 503 g/mol. The molecule has 0 aliphatic carbocycles. The number of ether oxygens (including phenoxy) is 4. The van der Waals surface area contributed by atoms with Gasteiger partial charge in [0.1, 0.15) is 12.5 Å². The third-order valence-electron chi connectivity index (χ3n) is 6.32. The molecule has 0 aliphatic rings. The molecule has 0 heterocycles. The molecule has 4 atom stereocenters. The molecule has 7 heteroatoms. The molecule has 0 N–H and O–H groups in total. The summed E-state index contributed by atoms with van der Waals surface area (Å²) in [6.07, 6.45) is 14.3. The van der Waals surface area contributed by atoms with Gasteiger partial charge in [-0.25, -0.2) is 0 Å². The van der Waals surface area contributed by atoms with Crippen LogP contribution in [0.3, 0.4) is 0 Å². The fourth-order valence-electron chi connectivity index (χ4n) is 4.47. The van der Waals surface area contributed by atoms with E-state index in [1.807, 2.05) is 30.3 Å². The van der Waals surface area contributed by atoms with E-state index in [1.54, 1.807) is 26.4 Å². The molecule has 0 fully saturated rings. The van der Waals surface area contributed by atoms with E-state index in [4.69, 9.17) is 18.9 Å². The average Bonchev–Trinajstić information content (AvgIpc) is 2.87. The molecule has 0 aliphatic heterocycles. The summed E-state index contributed by atoms with van der Waals surface area (Å²) in [4.78, 5) is 10.5. The van der Waals surface area contributed by atoms with Crippen molar-refractivity contribution < 1.29 is 23.9 Å². The van der Waals surface area contributed by atoms with Crippen LogP contribution >= 0.6 is 0 Å². The third kappa shape index (κ3) is 13.0. The third-order valence-corrected chi connectivity index (χ3v) is 6.32. The first-order valence-corrected chi connectivity index (χ1v) is 12.9. The second kappa shape index (κ2) is 19.7. The fraction of sp³-hybridized carbons (Fsp3) is 0.586. The van der Waals surface area contributed by atoms with Crippen molar-refractivity contribution in [1.82, 2.24) is 0 Å². The molecule has 1 aromatic carbocycles. The summed E-state index contributed by atoms with van der Waals surface area (Å²) >= 11 is 0. The lowest BCUT2D eigenvalue weighted by atomic mass is 9.75. The van der Waals surface area contributed by atoms with Crippen LogP contribution in [-0.4, -0.2) is 38.6 Å². The number of nitro groups is 1. The molecule has 7 nitrogen and oxygen atoms in total. The minimum atomic E-state index is -0.441. The molecular weight excluding hydrogens is 458 g/mol. The predicted octanol–water partition coefficient (Wildman–Crippen LogP) is 6.96. The number of hydrogen-bond donors (Lipinski definition) is 0. The van der Waals surface area contributed by atoms with Gasteiger partial charge in [0.05, 0.1) is 31.4 Å². The standard InChI is InChI=1S/C29H45NO6/c1-6-8-10-11-13-24(3)29(28(36-23-33-4)15-12-20-30(31)32)26(14-9-7-2)22-35-21-25-16-18-27(34-5)19-17-25/h7,9,12,14,16-20,24,26,28-29H,2,6,8,10-11,13,15,21-23H2,1,3-5H3/b14-9+,20-12+/t24-,26-,28+,29-/m1/s1. The molecule has 0 amide bonds. The van der Waals surface area contributed by atoms with Crippen molar-refractivity contribution in [3.8, 4) is 5.75 Å². The lowest BCUT2D eigenvalue weighted by Gasteiger charge is -2.36. The Labute approximate surface area is 217 Å². The van der Waals surface area contributed by atoms with E-state index in [9.17, 15) is 10.1 Å². The zero-order valence-electron chi connectivity index (χ0n) is 22.5. The summed E-state index contributed by atoms with van der Waals surface area (Å²) in [6.45, 7) is 9.38. The van der Waals surface area contributed by atoms with E-state index in [1.165, 1.54) is 19.3 Å². The van der Waals surface area contributed by atoms with Crippen molar-refractivity contribution in [2.24, 2.45) is 17.8 Å². The minimum absolute atomic E-state index is 0.0354. The Morgan fingerprint density at radius 2 is 1.89 bits per heavy atom. The summed E-state index contributed by atoms with van der Waals surface area (Å²) in [6, 6.07) is 7.83. The van der Waals surface area contributed by atoms with Crippen molar-refractivity contribution in [2.75, 3.05) is 27.6 Å². The maximum absolute atomic E-state index is 10.9. The molecule has 0 saturated carbocycles. The summed E-state index contributed by atoms with van der Waals surface area (Å²) in [5.41, 5.74) is 1.06. The highest BCUT2D eigenvalue weighted by molar-refractivity contribution is 5.26. The van der Waals surface area contributed by atoms with Crippen LogP contribution in [0.2, 0.25) is 0 Å². The van der Waals surface area contributed by atoms with E-state index in [-0.39, 0.29) is 24.7 Å². The molecule has 0 saturated heterocycles. The van der Waals surface area contributed by atoms with Gasteiger partial charge in [0, 0.05) is 13.0 Å². The summed E-state index contributed by atoms with van der Waals surface area (Å²) in [5.74, 6) is 1.23. The quantitative estimate of drug-likeness (QED) is 0.0593.